The van der Waals surface area contributed by atoms with Gasteiger partial charge in [-0.25, -0.2) is 0 Å². The van der Waals surface area contributed by atoms with Gasteiger partial charge < -0.3 is 5.11 Å². The second-order valence-corrected chi connectivity index (χ2v) is 5.26. The number of carbonyl (C=O) groups excluding carboxylic acids is 1. The zero-order valence-corrected chi connectivity index (χ0v) is 12.6. The highest BCUT2D eigenvalue weighted by Gasteiger charge is 2.21. The zero-order chi connectivity index (χ0) is 15.9. The first kappa shape index (κ1) is 15.9. The second kappa shape index (κ2) is 7.53. The molecule has 1 N–H and O–H groups in total. The van der Waals surface area contributed by atoms with E-state index in [9.17, 15) is 9.90 Å². The first-order valence-corrected chi connectivity index (χ1v) is 7.47. The molecule has 0 aliphatic carbocycles. The molecule has 0 aliphatic heterocycles. The lowest BCUT2D eigenvalue weighted by Crippen LogP contribution is -2.14. The van der Waals surface area contributed by atoms with Crippen LogP contribution in [0.5, 0.6) is 0 Å². The summed E-state index contributed by atoms with van der Waals surface area (Å²) >= 11 is 0. The molecule has 22 heavy (non-hydrogen) atoms. The Morgan fingerprint density at radius 3 is 2.59 bits per heavy atom. The average molecular weight is 293 g/mol. The quantitative estimate of drug-likeness (QED) is 0.824. The number of Topliss-reactive ketones (excluding diaryl/α,β-unsaturated/α-hetero) is 1. The van der Waals surface area contributed by atoms with E-state index in [1.54, 1.807) is 36.4 Å². The number of benzene rings is 2. The smallest absolute Gasteiger partial charge is 0.196 e. The Kier molecular flexibility index (Phi) is 5.46. The van der Waals surface area contributed by atoms with E-state index in [0.717, 1.165) is 24.8 Å². The zero-order valence-electron chi connectivity index (χ0n) is 12.6. The van der Waals surface area contributed by atoms with Crippen LogP contribution in [0.25, 0.3) is 0 Å². The summed E-state index contributed by atoms with van der Waals surface area (Å²) in [5, 5.41) is 19.4. The minimum absolute atomic E-state index is 0.352. The highest BCUT2D eigenvalue weighted by molar-refractivity contribution is 6.01. The van der Waals surface area contributed by atoms with Gasteiger partial charge >= 0.3 is 0 Å². The summed E-state index contributed by atoms with van der Waals surface area (Å²) < 4.78 is 0. The Morgan fingerprint density at radius 2 is 1.95 bits per heavy atom. The van der Waals surface area contributed by atoms with Crippen LogP contribution in [0, 0.1) is 11.3 Å². The van der Waals surface area contributed by atoms with Crippen LogP contribution in [0.15, 0.2) is 48.5 Å². The second-order valence-electron chi connectivity index (χ2n) is 5.26. The number of aliphatic hydroxyl groups excluding tert-OH is 1. The summed E-state index contributed by atoms with van der Waals surface area (Å²) in [7, 11) is 0. The SMILES string of the molecule is CCCCc1ccc(C#N)cc1C(=O)C(O)c1ccccc1. The minimum Gasteiger partial charge on any atom is -0.380 e. The van der Waals surface area contributed by atoms with Gasteiger partial charge in [-0.2, -0.15) is 5.26 Å². The van der Waals surface area contributed by atoms with Crippen molar-refractivity contribution in [1.29, 1.82) is 5.26 Å². The molecule has 0 bridgehead atoms. The van der Waals surface area contributed by atoms with Crippen molar-refractivity contribution >= 4 is 5.78 Å². The summed E-state index contributed by atoms with van der Waals surface area (Å²) in [5.41, 5.74) is 2.34. The Labute approximate surface area is 130 Å². The van der Waals surface area contributed by atoms with Gasteiger partial charge in [-0.15, -0.1) is 0 Å². The third-order valence-corrected chi connectivity index (χ3v) is 3.67. The summed E-state index contributed by atoms with van der Waals surface area (Å²) in [6.07, 6.45) is 1.56. The van der Waals surface area contributed by atoms with Crippen molar-refractivity contribution in [3.63, 3.8) is 0 Å². The van der Waals surface area contributed by atoms with E-state index in [2.05, 4.69) is 13.0 Å². The molecule has 2 rings (SSSR count). The van der Waals surface area contributed by atoms with Crippen LogP contribution in [0.2, 0.25) is 0 Å². The molecule has 0 aromatic heterocycles. The summed E-state index contributed by atoms with van der Waals surface area (Å²) in [5.74, 6) is -0.352. The Bertz CT molecular complexity index is 686. The molecule has 0 amide bonds. The number of ketones is 1. The maximum Gasteiger partial charge on any atom is 0.196 e. The third kappa shape index (κ3) is 3.60. The van der Waals surface area contributed by atoms with Gasteiger partial charge in [0.05, 0.1) is 11.6 Å². The molecule has 0 aliphatic rings. The molecule has 3 nitrogen and oxygen atoms in total. The first-order valence-electron chi connectivity index (χ1n) is 7.47. The monoisotopic (exact) mass is 293 g/mol. The van der Waals surface area contributed by atoms with Gasteiger partial charge in [0.25, 0.3) is 0 Å². The van der Waals surface area contributed by atoms with Gasteiger partial charge in [-0.3, -0.25) is 4.79 Å². The van der Waals surface area contributed by atoms with Crippen molar-refractivity contribution in [1.82, 2.24) is 0 Å². The Hall–Kier alpha value is -2.44. The molecule has 112 valence electrons. The fraction of sp³-hybridized carbons (Fsp3) is 0.263. The molecule has 0 radical (unpaired) electrons. The van der Waals surface area contributed by atoms with Gasteiger partial charge in [0, 0.05) is 5.56 Å². The molecule has 0 heterocycles. The summed E-state index contributed by atoms with van der Waals surface area (Å²) in [6.45, 7) is 2.09. The Morgan fingerprint density at radius 1 is 1.23 bits per heavy atom. The number of hydrogen-bond acceptors (Lipinski definition) is 3. The molecule has 0 saturated carbocycles. The lowest BCUT2D eigenvalue weighted by atomic mass is 9.92. The van der Waals surface area contributed by atoms with Crippen molar-refractivity contribution in [3.05, 3.63) is 70.8 Å². The van der Waals surface area contributed by atoms with Crippen LogP contribution in [0.1, 0.15) is 52.9 Å². The standard InChI is InChI=1S/C19H19NO2/c1-2-3-7-15-11-10-14(13-20)12-17(15)19(22)18(21)16-8-5-4-6-9-16/h4-6,8-12,18,21H,2-3,7H2,1H3. The van der Waals surface area contributed by atoms with Gasteiger partial charge in [0.15, 0.2) is 5.78 Å². The number of hydrogen-bond donors (Lipinski definition) is 1. The third-order valence-electron chi connectivity index (χ3n) is 3.67. The van der Waals surface area contributed by atoms with E-state index in [4.69, 9.17) is 5.26 Å². The number of nitriles is 1. The van der Waals surface area contributed by atoms with Crippen molar-refractivity contribution in [2.75, 3.05) is 0 Å². The van der Waals surface area contributed by atoms with Gasteiger partial charge in [0.2, 0.25) is 0 Å². The molecule has 0 saturated heterocycles. The van der Waals surface area contributed by atoms with Crippen LogP contribution in [0.3, 0.4) is 0 Å². The summed E-state index contributed by atoms with van der Waals surface area (Å²) in [4.78, 5) is 12.6. The fourth-order valence-corrected chi connectivity index (χ4v) is 2.39. The first-order chi connectivity index (χ1) is 10.7. The number of carbonyl (C=O) groups is 1. The van der Waals surface area contributed by atoms with Crippen molar-refractivity contribution < 1.29 is 9.90 Å². The van der Waals surface area contributed by atoms with Crippen molar-refractivity contribution in [2.45, 2.75) is 32.3 Å². The van der Waals surface area contributed by atoms with Crippen molar-refractivity contribution in [2.24, 2.45) is 0 Å². The lowest BCUT2D eigenvalue weighted by molar-refractivity contribution is 0.0746. The normalized spacial score (nSPS) is 11.7. The maximum atomic E-state index is 12.6. The van der Waals surface area contributed by atoms with E-state index in [-0.39, 0.29) is 5.78 Å². The largest absolute Gasteiger partial charge is 0.380 e. The van der Waals surface area contributed by atoms with E-state index in [1.807, 2.05) is 12.1 Å². The number of nitrogens with zero attached hydrogens (tertiary/aromatic N) is 1. The van der Waals surface area contributed by atoms with Gasteiger partial charge in [-0.1, -0.05) is 49.7 Å². The van der Waals surface area contributed by atoms with Crippen LogP contribution in [0.4, 0.5) is 0 Å². The van der Waals surface area contributed by atoms with Crippen LogP contribution in [-0.4, -0.2) is 10.9 Å². The highest BCUT2D eigenvalue weighted by atomic mass is 16.3. The molecular formula is C19H19NO2. The van der Waals surface area contributed by atoms with Crippen LogP contribution >= 0.6 is 0 Å². The fourth-order valence-electron chi connectivity index (χ4n) is 2.39. The molecule has 0 spiro atoms. The van der Waals surface area contributed by atoms with Crippen LogP contribution < -0.4 is 0 Å². The molecule has 0 fully saturated rings. The van der Waals surface area contributed by atoms with E-state index >= 15 is 0 Å². The molecular weight excluding hydrogens is 274 g/mol. The molecule has 2 aromatic carbocycles. The predicted octanol–water partition coefficient (Wildman–Crippen LogP) is 3.82. The van der Waals surface area contributed by atoms with Gasteiger partial charge in [0.1, 0.15) is 6.10 Å². The average Bonchev–Trinajstić information content (AvgIpc) is 2.59. The molecule has 1 atom stereocenters. The molecule has 3 heteroatoms. The molecule has 1 unspecified atom stereocenters. The van der Waals surface area contributed by atoms with E-state index in [1.165, 1.54) is 0 Å². The number of aliphatic hydroxyl groups is 1. The number of rotatable bonds is 6. The highest BCUT2D eigenvalue weighted by Crippen LogP contribution is 2.23. The van der Waals surface area contributed by atoms with E-state index < -0.39 is 6.10 Å². The predicted molar refractivity (Wildman–Crippen MR) is 85.5 cm³/mol. The minimum atomic E-state index is -1.20. The maximum absolute atomic E-state index is 12.6. The number of aryl methyl sites for hydroxylation is 1. The van der Waals surface area contributed by atoms with Gasteiger partial charge in [-0.05, 0) is 36.1 Å². The lowest BCUT2D eigenvalue weighted by Gasteiger charge is -2.14. The molecule has 2 aromatic rings. The number of unbranched alkanes of at least 4 members (excludes halogenated alkanes) is 1. The Balaban J connectivity index is 2.36. The van der Waals surface area contributed by atoms with Crippen LogP contribution in [-0.2, 0) is 6.42 Å². The topological polar surface area (TPSA) is 61.1 Å². The van der Waals surface area contributed by atoms with Crippen molar-refractivity contribution in [3.8, 4) is 6.07 Å². The van der Waals surface area contributed by atoms with E-state index in [0.29, 0.717) is 16.7 Å². The summed E-state index contributed by atoms with van der Waals surface area (Å²) in [6, 6.07) is 16.0.